The number of hydrogen-bond donors (Lipinski definition) is 0. The van der Waals surface area contributed by atoms with Crippen molar-refractivity contribution in [1.29, 1.82) is 0 Å². The third-order valence-corrected chi connectivity index (χ3v) is 7.19. The minimum Gasteiger partial charge on any atom is -0.493 e. The Bertz CT molecular complexity index is 1340. The number of hydrogen-bond acceptors (Lipinski definition) is 7. The highest BCUT2D eigenvalue weighted by Crippen LogP contribution is 2.35. The smallest absolute Gasteiger partial charge is 0.309 e. The minimum absolute atomic E-state index is 0.0808. The van der Waals surface area contributed by atoms with E-state index in [2.05, 4.69) is 4.98 Å². The zero-order valence-electron chi connectivity index (χ0n) is 22.7. The van der Waals surface area contributed by atoms with E-state index in [1.165, 1.54) is 26.3 Å². The number of ketones is 1. The molecular formula is C30H31Cl2NO6. The average Bonchev–Trinajstić information content (AvgIpc) is 2.88. The Hall–Kier alpha value is -3.42. The molecule has 1 heterocycles. The molecule has 0 N–H and O–H groups in total. The molecule has 0 aliphatic rings. The van der Waals surface area contributed by atoms with Crippen molar-refractivity contribution in [2.45, 2.75) is 53.1 Å². The Morgan fingerprint density at radius 1 is 0.923 bits per heavy atom. The summed E-state index contributed by atoms with van der Waals surface area (Å²) in [6.45, 7) is 8.46. The molecule has 0 bridgehead atoms. The van der Waals surface area contributed by atoms with Gasteiger partial charge in [0.1, 0.15) is 6.10 Å². The number of rotatable bonds is 10. The molecule has 0 aliphatic carbocycles. The molecule has 0 saturated heterocycles. The topological polar surface area (TPSA) is 91.8 Å². The zero-order valence-corrected chi connectivity index (χ0v) is 24.2. The number of aromatic nitrogens is 1. The van der Waals surface area contributed by atoms with Crippen LogP contribution in [-0.4, -0.2) is 35.9 Å². The third kappa shape index (κ3) is 7.37. The lowest BCUT2D eigenvalue weighted by Gasteiger charge is -2.27. The van der Waals surface area contributed by atoms with Crippen LogP contribution >= 0.6 is 23.2 Å². The van der Waals surface area contributed by atoms with Crippen LogP contribution in [0.4, 0.5) is 0 Å². The Morgan fingerprint density at radius 2 is 1.49 bits per heavy atom. The summed E-state index contributed by atoms with van der Waals surface area (Å²) in [5, 5.41) is 1.28. The van der Waals surface area contributed by atoms with Gasteiger partial charge in [-0.2, -0.15) is 0 Å². The van der Waals surface area contributed by atoms with Crippen LogP contribution in [0.2, 0.25) is 10.0 Å². The first kappa shape index (κ1) is 30.1. The molecular weight excluding hydrogens is 541 g/mol. The molecule has 0 spiro atoms. The number of nitrogens with zero attached hydrogens (tertiary/aromatic N) is 1. The van der Waals surface area contributed by atoms with E-state index in [1.54, 1.807) is 6.92 Å². The molecule has 0 radical (unpaired) electrons. The molecule has 2 atom stereocenters. The van der Waals surface area contributed by atoms with E-state index in [0.29, 0.717) is 10.0 Å². The predicted octanol–water partition coefficient (Wildman–Crippen LogP) is 6.91. The number of carbonyl (C=O) groups is 3. The summed E-state index contributed by atoms with van der Waals surface area (Å²) < 4.78 is 16.3. The Labute approximate surface area is 238 Å². The number of aryl methyl sites for hydroxylation is 2. The van der Waals surface area contributed by atoms with Gasteiger partial charge >= 0.3 is 11.9 Å². The largest absolute Gasteiger partial charge is 0.493 e. The summed E-state index contributed by atoms with van der Waals surface area (Å²) in [7, 11) is 1.39. The van der Waals surface area contributed by atoms with Gasteiger partial charge in [-0.15, -0.1) is 0 Å². The molecule has 2 aromatic carbocycles. The summed E-state index contributed by atoms with van der Waals surface area (Å²) >= 11 is 12.5. The van der Waals surface area contributed by atoms with Gasteiger partial charge in [0.15, 0.2) is 17.2 Å². The van der Waals surface area contributed by atoms with E-state index in [9.17, 15) is 14.4 Å². The van der Waals surface area contributed by atoms with E-state index < -0.39 is 29.7 Å². The second-order valence-electron chi connectivity index (χ2n) is 9.45. The second kappa shape index (κ2) is 13.1. The number of halogens is 2. The van der Waals surface area contributed by atoms with Crippen molar-refractivity contribution in [3.63, 3.8) is 0 Å². The fraction of sp³-hybridized carbons (Fsp3) is 0.333. The molecule has 0 unspecified atom stereocenters. The number of benzene rings is 2. The molecule has 3 rings (SSSR count). The van der Waals surface area contributed by atoms with E-state index in [4.69, 9.17) is 37.4 Å². The maximum Gasteiger partial charge on any atom is 0.309 e. The van der Waals surface area contributed by atoms with Crippen LogP contribution < -0.4 is 9.47 Å². The fourth-order valence-electron chi connectivity index (χ4n) is 4.31. The van der Waals surface area contributed by atoms with Gasteiger partial charge in [0.25, 0.3) is 0 Å². The summed E-state index contributed by atoms with van der Waals surface area (Å²) in [5.74, 6) is -2.65. The summed E-state index contributed by atoms with van der Waals surface area (Å²) in [4.78, 5) is 41.9. The van der Waals surface area contributed by atoms with Crippen molar-refractivity contribution in [2.24, 2.45) is 5.92 Å². The van der Waals surface area contributed by atoms with Crippen molar-refractivity contribution in [3.8, 4) is 11.5 Å². The molecule has 0 fully saturated rings. The quantitative estimate of drug-likeness (QED) is 0.193. The first-order chi connectivity index (χ1) is 18.4. The third-order valence-electron chi connectivity index (χ3n) is 6.35. The first-order valence-electron chi connectivity index (χ1n) is 12.4. The highest BCUT2D eigenvalue weighted by molar-refractivity contribution is 6.31. The van der Waals surface area contributed by atoms with Gasteiger partial charge in [0, 0.05) is 41.6 Å². The Kier molecular flexibility index (Phi) is 10.1. The van der Waals surface area contributed by atoms with Gasteiger partial charge in [-0.1, -0.05) is 54.4 Å². The highest BCUT2D eigenvalue weighted by Gasteiger charge is 2.30. The van der Waals surface area contributed by atoms with E-state index in [0.717, 1.165) is 22.3 Å². The van der Waals surface area contributed by atoms with Crippen molar-refractivity contribution in [3.05, 3.63) is 86.7 Å². The number of carbonyl (C=O) groups excluding carboxylic acids is 3. The van der Waals surface area contributed by atoms with Gasteiger partial charge < -0.3 is 14.2 Å². The average molecular weight is 572 g/mol. The molecule has 1 aromatic heterocycles. The van der Waals surface area contributed by atoms with Gasteiger partial charge in [0.2, 0.25) is 5.75 Å². The molecule has 0 amide bonds. The normalized spacial score (nSPS) is 12.5. The van der Waals surface area contributed by atoms with Crippen LogP contribution in [0.15, 0.2) is 48.7 Å². The molecule has 0 saturated carbocycles. The lowest BCUT2D eigenvalue weighted by atomic mass is 9.85. The molecule has 3 aromatic rings. The number of methoxy groups -OCH3 is 1. The van der Waals surface area contributed by atoms with Gasteiger partial charge in [0.05, 0.1) is 13.0 Å². The summed E-state index contributed by atoms with van der Waals surface area (Å²) in [5.41, 5.74) is 3.56. The monoisotopic (exact) mass is 571 g/mol. The SMILES string of the molecule is COc1ccnc(C(=O)C[C@@H](C)C(=O)O[C@@H](C)C(c2ccc(Cl)c(C)c2)c2ccc(Cl)c(C)c2)c1OC(C)=O. The van der Waals surface area contributed by atoms with Crippen LogP contribution in [0, 0.1) is 19.8 Å². The van der Waals surface area contributed by atoms with Crippen molar-refractivity contribution in [2.75, 3.05) is 7.11 Å². The lowest BCUT2D eigenvalue weighted by molar-refractivity contribution is -0.153. The maximum absolute atomic E-state index is 13.2. The number of ether oxygens (including phenoxy) is 3. The summed E-state index contributed by atoms with van der Waals surface area (Å²) in [6.07, 6.45) is 0.588. The Balaban J connectivity index is 1.84. The zero-order chi connectivity index (χ0) is 28.9. The number of esters is 2. The lowest BCUT2D eigenvalue weighted by Crippen LogP contribution is -2.28. The van der Waals surface area contributed by atoms with E-state index in [1.807, 2.05) is 57.2 Å². The fourth-order valence-corrected chi connectivity index (χ4v) is 4.55. The standard InChI is InChI=1S/C30H31Cl2NO6/c1-16-13-21(7-9-23(16)31)27(22-8-10-24(32)17(2)14-22)19(4)38-30(36)18(3)15-25(35)28-29(39-20(5)34)26(37-6)11-12-33-28/h7-14,18-19,27H,15H2,1-6H3/t18-,19+/m1/s1. The predicted molar refractivity (Wildman–Crippen MR) is 150 cm³/mol. The molecule has 7 nitrogen and oxygen atoms in total. The second-order valence-corrected chi connectivity index (χ2v) is 10.3. The molecule has 39 heavy (non-hydrogen) atoms. The number of pyridine rings is 1. The van der Waals surface area contributed by atoms with Crippen molar-refractivity contribution in [1.82, 2.24) is 4.98 Å². The van der Waals surface area contributed by atoms with Gasteiger partial charge in [-0.25, -0.2) is 4.98 Å². The van der Waals surface area contributed by atoms with Crippen LogP contribution in [0.5, 0.6) is 11.5 Å². The van der Waals surface area contributed by atoms with Crippen molar-refractivity contribution >= 4 is 40.9 Å². The van der Waals surface area contributed by atoms with E-state index in [-0.39, 0.29) is 29.5 Å². The van der Waals surface area contributed by atoms with Gasteiger partial charge in [-0.3, -0.25) is 14.4 Å². The van der Waals surface area contributed by atoms with Crippen LogP contribution in [0.25, 0.3) is 0 Å². The number of Topliss-reactive ketones (excluding diaryl/α,β-unsaturated/α-hetero) is 1. The summed E-state index contributed by atoms with van der Waals surface area (Å²) in [6, 6.07) is 12.9. The molecule has 206 valence electrons. The first-order valence-corrected chi connectivity index (χ1v) is 13.2. The minimum atomic E-state index is -0.794. The maximum atomic E-state index is 13.2. The van der Waals surface area contributed by atoms with E-state index >= 15 is 0 Å². The molecule has 0 aliphatic heterocycles. The van der Waals surface area contributed by atoms with Crippen LogP contribution in [0.3, 0.4) is 0 Å². The van der Waals surface area contributed by atoms with Crippen LogP contribution in [-0.2, 0) is 14.3 Å². The van der Waals surface area contributed by atoms with Crippen LogP contribution in [0.1, 0.15) is 65.9 Å². The Morgan fingerprint density at radius 3 is 1.97 bits per heavy atom. The van der Waals surface area contributed by atoms with Gasteiger partial charge in [-0.05, 0) is 55.2 Å². The van der Waals surface area contributed by atoms with Crippen molar-refractivity contribution < 1.29 is 28.6 Å². The molecule has 9 heteroatoms. The highest BCUT2D eigenvalue weighted by atomic mass is 35.5.